The summed E-state index contributed by atoms with van der Waals surface area (Å²) < 4.78 is 6.98. The monoisotopic (exact) mass is 232 g/mol. The summed E-state index contributed by atoms with van der Waals surface area (Å²) in [6.45, 7) is 2.15. The smallest absolute Gasteiger partial charge is 0.119 e. The molecule has 1 aromatic heterocycles. The van der Waals surface area contributed by atoms with Crippen molar-refractivity contribution in [2.24, 2.45) is 0 Å². The zero-order chi connectivity index (χ0) is 12.3. The third-order valence-corrected chi connectivity index (χ3v) is 2.81. The zero-order valence-corrected chi connectivity index (χ0v) is 10.1. The van der Waals surface area contributed by atoms with Gasteiger partial charge in [0, 0.05) is 12.3 Å². The Hall–Kier alpha value is -1.81. The first kappa shape index (κ1) is 11.7. The summed E-state index contributed by atoms with van der Waals surface area (Å²) in [6.07, 6.45) is 2.44. The van der Waals surface area contributed by atoms with Crippen LogP contribution < -0.4 is 4.74 Å². The normalized spacial score (nSPS) is 10.5. The Bertz CT molecular complexity index is 489. The van der Waals surface area contributed by atoms with Gasteiger partial charge in [0.05, 0.1) is 19.0 Å². The van der Waals surface area contributed by atoms with E-state index in [0.29, 0.717) is 6.42 Å². The number of benzene rings is 1. The molecule has 0 aliphatic rings. The van der Waals surface area contributed by atoms with Gasteiger partial charge in [0.2, 0.25) is 0 Å². The quantitative estimate of drug-likeness (QED) is 0.873. The summed E-state index contributed by atoms with van der Waals surface area (Å²) >= 11 is 0. The molecule has 0 saturated carbocycles. The fourth-order valence-electron chi connectivity index (χ4n) is 1.79. The molecular weight excluding hydrogens is 216 g/mol. The lowest BCUT2D eigenvalue weighted by molar-refractivity contribution is 0.299. The van der Waals surface area contributed by atoms with Gasteiger partial charge in [-0.25, -0.2) is 4.68 Å². The van der Waals surface area contributed by atoms with E-state index in [1.807, 2.05) is 35.9 Å². The highest BCUT2D eigenvalue weighted by atomic mass is 16.5. The van der Waals surface area contributed by atoms with Crippen LogP contribution in [0.2, 0.25) is 0 Å². The van der Waals surface area contributed by atoms with E-state index in [4.69, 9.17) is 9.84 Å². The first-order chi connectivity index (χ1) is 8.26. The minimum atomic E-state index is 0.148. The van der Waals surface area contributed by atoms with Gasteiger partial charge in [0.25, 0.3) is 0 Å². The van der Waals surface area contributed by atoms with Crippen molar-refractivity contribution in [1.29, 1.82) is 0 Å². The average molecular weight is 232 g/mol. The van der Waals surface area contributed by atoms with Crippen LogP contribution in [0.25, 0.3) is 5.69 Å². The fraction of sp³-hybridized carbons (Fsp3) is 0.308. The summed E-state index contributed by atoms with van der Waals surface area (Å²) in [4.78, 5) is 0. The summed E-state index contributed by atoms with van der Waals surface area (Å²) in [5, 5.41) is 13.3. The van der Waals surface area contributed by atoms with Gasteiger partial charge in [-0.1, -0.05) is 0 Å². The van der Waals surface area contributed by atoms with Crippen LogP contribution in [0.3, 0.4) is 0 Å². The average Bonchev–Trinajstić information content (AvgIpc) is 2.72. The summed E-state index contributed by atoms with van der Waals surface area (Å²) in [5.41, 5.74) is 3.13. The molecule has 1 N–H and O–H groups in total. The molecule has 0 spiro atoms. The maximum atomic E-state index is 8.94. The highest BCUT2D eigenvalue weighted by Gasteiger charge is 2.07. The van der Waals surface area contributed by atoms with Crippen LogP contribution in [-0.2, 0) is 6.42 Å². The molecule has 2 aromatic rings. The molecule has 0 saturated heterocycles. The van der Waals surface area contributed by atoms with E-state index in [1.165, 1.54) is 0 Å². The lowest BCUT2D eigenvalue weighted by Crippen LogP contribution is -2.00. The number of rotatable bonds is 4. The maximum Gasteiger partial charge on any atom is 0.119 e. The van der Waals surface area contributed by atoms with Crippen molar-refractivity contribution in [3.63, 3.8) is 0 Å². The van der Waals surface area contributed by atoms with Crippen LogP contribution in [0.15, 0.2) is 30.5 Å². The Morgan fingerprint density at radius 2 is 2.00 bits per heavy atom. The van der Waals surface area contributed by atoms with E-state index in [2.05, 4.69) is 5.10 Å². The highest BCUT2D eigenvalue weighted by Crippen LogP contribution is 2.17. The number of methoxy groups -OCH3 is 1. The predicted molar refractivity (Wildman–Crippen MR) is 65.6 cm³/mol. The van der Waals surface area contributed by atoms with Crippen molar-refractivity contribution in [1.82, 2.24) is 9.78 Å². The molecule has 0 radical (unpaired) electrons. The van der Waals surface area contributed by atoms with Gasteiger partial charge in [-0.15, -0.1) is 0 Å². The topological polar surface area (TPSA) is 47.3 Å². The SMILES string of the molecule is COc1ccc(-n2ncc(CCO)c2C)cc1. The third kappa shape index (κ3) is 2.31. The first-order valence-electron chi connectivity index (χ1n) is 5.55. The molecule has 0 amide bonds. The van der Waals surface area contributed by atoms with E-state index in [-0.39, 0.29) is 6.61 Å². The molecule has 0 unspecified atom stereocenters. The van der Waals surface area contributed by atoms with Crippen LogP contribution in [0.5, 0.6) is 5.75 Å². The second kappa shape index (κ2) is 5.01. The van der Waals surface area contributed by atoms with Crippen LogP contribution >= 0.6 is 0 Å². The van der Waals surface area contributed by atoms with Crippen molar-refractivity contribution in [3.8, 4) is 11.4 Å². The minimum Gasteiger partial charge on any atom is -0.497 e. The van der Waals surface area contributed by atoms with Crippen molar-refractivity contribution < 1.29 is 9.84 Å². The number of hydrogen-bond acceptors (Lipinski definition) is 3. The highest BCUT2D eigenvalue weighted by molar-refractivity contribution is 5.39. The van der Waals surface area contributed by atoms with Gasteiger partial charge in [-0.05, 0) is 43.2 Å². The van der Waals surface area contributed by atoms with Gasteiger partial charge >= 0.3 is 0 Å². The number of aliphatic hydroxyl groups excluding tert-OH is 1. The lowest BCUT2D eigenvalue weighted by Gasteiger charge is -2.06. The Labute approximate surface area is 100 Å². The fourth-order valence-corrected chi connectivity index (χ4v) is 1.79. The van der Waals surface area contributed by atoms with Crippen molar-refractivity contribution in [3.05, 3.63) is 41.7 Å². The Kier molecular flexibility index (Phi) is 3.44. The summed E-state index contributed by atoms with van der Waals surface area (Å²) in [7, 11) is 1.65. The minimum absolute atomic E-state index is 0.148. The molecule has 4 nitrogen and oxygen atoms in total. The molecule has 0 bridgehead atoms. The van der Waals surface area contributed by atoms with Crippen molar-refractivity contribution in [2.75, 3.05) is 13.7 Å². The van der Waals surface area contributed by atoms with E-state index >= 15 is 0 Å². The second-order valence-corrected chi connectivity index (χ2v) is 3.84. The molecule has 0 atom stereocenters. The summed E-state index contributed by atoms with van der Waals surface area (Å²) in [5.74, 6) is 0.828. The largest absolute Gasteiger partial charge is 0.497 e. The molecule has 2 rings (SSSR count). The molecule has 17 heavy (non-hydrogen) atoms. The number of nitrogens with zero attached hydrogens (tertiary/aromatic N) is 2. The van der Waals surface area contributed by atoms with Crippen LogP contribution in [0.4, 0.5) is 0 Å². The van der Waals surface area contributed by atoms with E-state index in [0.717, 1.165) is 22.7 Å². The third-order valence-electron chi connectivity index (χ3n) is 2.81. The molecule has 90 valence electrons. The maximum absolute atomic E-state index is 8.94. The number of aliphatic hydroxyl groups is 1. The molecule has 0 aliphatic carbocycles. The van der Waals surface area contributed by atoms with E-state index in [1.54, 1.807) is 13.3 Å². The number of aromatic nitrogens is 2. The molecular formula is C13H16N2O2. The molecule has 0 fully saturated rings. The molecule has 1 aromatic carbocycles. The van der Waals surface area contributed by atoms with Crippen molar-refractivity contribution in [2.45, 2.75) is 13.3 Å². The molecule has 4 heteroatoms. The van der Waals surface area contributed by atoms with Gasteiger partial charge in [-0.3, -0.25) is 0 Å². The van der Waals surface area contributed by atoms with Crippen LogP contribution in [0.1, 0.15) is 11.3 Å². The van der Waals surface area contributed by atoms with Crippen LogP contribution in [-0.4, -0.2) is 28.6 Å². The van der Waals surface area contributed by atoms with Gasteiger partial charge < -0.3 is 9.84 Å². The van der Waals surface area contributed by atoms with Gasteiger partial charge in [0.15, 0.2) is 0 Å². The second-order valence-electron chi connectivity index (χ2n) is 3.84. The summed E-state index contributed by atoms with van der Waals surface area (Å²) in [6, 6.07) is 7.73. The Balaban J connectivity index is 2.32. The first-order valence-corrected chi connectivity index (χ1v) is 5.55. The van der Waals surface area contributed by atoms with Crippen LogP contribution in [0, 0.1) is 6.92 Å². The molecule has 0 aliphatic heterocycles. The zero-order valence-electron chi connectivity index (χ0n) is 10.1. The van der Waals surface area contributed by atoms with E-state index < -0.39 is 0 Å². The number of hydrogen-bond donors (Lipinski definition) is 1. The lowest BCUT2D eigenvalue weighted by atomic mass is 10.2. The number of ether oxygens (including phenoxy) is 1. The Morgan fingerprint density at radius 3 is 2.59 bits per heavy atom. The van der Waals surface area contributed by atoms with E-state index in [9.17, 15) is 0 Å². The molecule has 1 heterocycles. The van der Waals surface area contributed by atoms with Gasteiger partial charge in [-0.2, -0.15) is 5.10 Å². The predicted octanol–water partition coefficient (Wildman–Crippen LogP) is 1.72. The van der Waals surface area contributed by atoms with Gasteiger partial charge in [0.1, 0.15) is 5.75 Å². The van der Waals surface area contributed by atoms with Crippen molar-refractivity contribution >= 4 is 0 Å². The standard InChI is InChI=1S/C13H16N2O2/c1-10-11(7-8-16)9-14-15(10)12-3-5-13(17-2)6-4-12/h3-6,9,16H,7-8H2,1-2H3. The Morgan fingerprint density at radius 1 is 1.29 bits per heavy atom.